The van der Waals surface area contributed by atoms with Crippen LogP contribution in [0.5, 0.6) is 11.6 Å². The Morgan fingerprint density at radius 3 is 2.71 bits per heavy atom. The highest BCUT2D eigenvalue weighted by Crippen LogP contribution is 2.16. The Labute approximate surface area is 96.8 Å². The Morgan fingerprint density at radius 1 is 1.41 bits per heavy atom. The summed E-state index contributed by atoms with van der Waals surface area (Å²) in [5.41, 5.74) is 0.545. The van der Waals surface area contributed by atoms with Gasteiger partial charge in [0.1, 0.15) is 5.75 Å². The third kappa shape index (κ3) is 2.54. The SMILES string of the molecule is COc1cc(C(=O)Nc2ccc(O)cc2)on1. The highest BCUT2D eigenvalue weighted by Gasteiger charge is 2.13. The van der Waals surface area contributed by atoms with Crippen LogP contribution in [0.2, 0.25) is 0 Å². The van der Waals surface area contributed by atoms with Gasteiger partial charge >= 0.3 is 0 Å². The first-order chi connectivity index (χ1) is 8.19. The van der Waals surface area contributed by atoms with Crippen LogP contribution < -0.4 is 10.1 Å². The second-order valence-electron chi connectivity index (χ2n) is 3.23. The summed E-state index contributed by atoms with van der Waals surface area (Å²) >= 11 is 0. The molecule has 0 bridgehead atoms. The van der Waals surface area contributed by atoms with E-state index in [-0.39, 0.29) is 17.4 Å². The van der Waals surface area contributed by atoms with E-state index >= 15 is 0 Å². The molecular formula is C11H10N2O4. The Kier molecular flexibility index (Phi) is 2.95. The van der Waals surface area contributed by atoms with Crippen molar-refractivity contribution < 1.29 is 19.2 Å². The molecule has 0 unspecified atom stereocenters. The molecule has 0 atom stereocenters. The molecule has 1 heterocycles. The first-order valence-electron chi connectivity index (χ1n) is 4.80. The summed E-state index contributed by atoms with van der Waals surface area (Å²) in [6, 6.07) is 7.46. The highest BCUT2D eigenvalue weighted by atomic mass is 16.5. The minimum Gasteiger partial charge on any atom is -0.508 e. The number of aromatic hydroxyl groups is 1. The number of methoxy groups -OCH3 is 1. The lowest BCUT2D eigenvalue weighted by Crippen LogP contribution is -2.10. The predicted octanol–water partition coefficient (Wildman–Crippen LogP) is 1.64. The fraction of sp³-hybridized carbons (Fsp3) is 0.0909. The molecule has 6 nitrogen and oxygen atoms in total. The average Bonchev–Trinajstić information content (AvgIpc) is 2.81. The molecule has 0 saturated carbocycles. The van der Waals surface area contributed by atoms with Crippen LogP contribution in [0.4, 0.5) is 5.69 Å². The number of anilines is 1. The maximum atomic E-state index is 11.7. The van der Waals surface area contributed by atoms with Gasteiger partial charge in [-0.2, -0.15) is 0 Å². The van der Waals surface area contributed by atoms with Gasteiger partial charge in [-0.3, -0.25) is 4.79 Å². The molecule has 1 aromatic heterocycles. The number of ether oxygens (including phenoxy) is 1. The number of hydrogen-bond donors (Lipinski definition) is 2. The van der Waals surface area contributed by atoms with Crippen LogP contribution in [0, 0.1) is 0 Å². The molecule has 0 aliphatic rings. The summed E-state index contributed by atoms with van der Waals surface area (Å²) in [6.07, 6.45) is 0. The van der Waals surface area contributed by atoms with Gasteiger partial charge in [0.05, 0.1) is 13.2 Å². The second kappa shape index (κ2) is 4.56. The van der Waals surface area contributed by atoms with Crippen molar-refractivity contribution in [2.24, 2.45) is 0 Å². The van der Waals surface area contributed by atoms with Crippen LogP contribution in [-0.2, 0) is 0 Å². The Morgan fingerprint density at radius 2 is 2.12 bits per heavy atom. The zero-order valence-electron chi connectivity index (χ0n) is 9.01. The number of nitrogens with one attached hydrogen (secondary N) is 1. The van der Waals surface area contributed by atoms with E-state index in [0.29, 0.717) is 5.69 Å². The van der Waals surface area contributed by atoms with Crippen LogP contribution in [0.1, 0.15) is 10.6 Å². The van der Waals surface area contributed by atoms with Crippen molar-refractivity contribution in [2.45, 2.75) is 0 Å². The van der Waals surface area contributed by atoms with E-state index in [1.807, 2.05) is 0 Å². The summed E-state index contributed by atoms with van der Waals surface area (Å²) in [6.45, 7) is 0. The van der Waals surface area contributed by atoms with Gasteiger partial charge < -0.3 is 19.7 Å². The van der Waals surface area contributed by atoms with Crippen LogP contribution in [0.25, 0.3) is 0 Å². The van der Waals surface area contributed by atoms with Crippen LogP contribution in [0.3, 0.4) is 0 Å². The molecule has 0 aliphatic carbocycles. The Hall–Kier alpha value is -2.50. The number of phenols is 1. The van der Waals surface area contributed by atoms with Gasteiger partial charge in [0, 0.05) is 5.69 Å². The van der Waals surface area contributed by atoms with Gasteiger partial charge in [-0.15, -0.1) is 0 Å². The molecule has 2 rings (SSSR count). The van der Waals surface area contributed by atoms with Crippen molar-refractivity contribution in [3.05, 3.63) is 36.1 Å². The normalized spacial score (nSPS) is 9.94. The van der Waals surface area contributed by atoms with Crippen molar-refractivity contribution in [1.29, 1.82) is 0 Å². The van der Waals surface area contributed by atoms with E-state index in [2.05, 4.69) is 10.5 Å². The Balaban J connectivity index is 2.08. The van der Waals surface area contributed by atoms with Crippen LogP contribution in [0.15, 0.2) is 34.9 Å². The van der Waals surface area contributed by atoms with Gasteiger partial charge in [0.2, 0.25) is 5.76 Å². The first kappa shape index (κ1) is 11.0. The lowest BCUT2D eigenvalue weighted by atomic mass is 10.3. The molecule has 0 saturated heterocycles. The number of hydrogen-bond acceptors (Lipinski definition) is 5. The van der Waals surface area contributed by atoms with Crippen LogP contribution >= 0.6 is 0 Å². The molecule has 88 valence electrons. The molecule has 0 aliphatic heterocycles. The molecule has 6 heteroatoms. The predicted molar refractivity (Wildman–Crippen MR) is 59.1 cm³/mol. The maximum Gasteiger partial charge on any atom is 0.294 e. The minimum atomic E-state index is -0.438. The van der Waals surface area contributed by atoms with E-state index in [4.69, 9.17) is 14.4 Å². The molecule has 0 spiro atoms. The van der Waals surface area contributed by atoms with Crippen LogP contribution in [-0.4, -0.2) is 23.3 Å². The first-order valence-corrected chi connectivity index (χ1v) is 4.80. The topological polar surface area (TPSA) is 84.6 Å². The summed E-state index contributed by atoms with van der Waals surface area (Å²) in [4.78, 5) is 11.7. The van der Waals surface area contributed by atoms with Crippen molar-refractivity contribution in [1.82, 2.24) is 5.16 Å². The third-order valence-electron chi connectivity index (χ3n) is 2.05. The number of carbonyl (C=O) groups excluding carboxylic acids is 1. The average molecular weight is 234 g/mol. The fourth-order valence-electron chi connectivity index (χ4n) is 1.20. The van der Waals surface area contributed by atoms with Crippen molar-refractivity contribution in [2.75, 3.05) is 12.4 Å². The number of benzene rings is 1. The van der Waals surface area contributed by atoms with Crippen molar-refractivity contribution >= 4 is 11.6 Å². The number of nitrogens with zero attached hydrogens (tertiary/aromatic N) is 1. The molecule has 17 heavy (non-hydrogen) atoms. The number of amides is 1. The maximum absolute atomic E-state index is 11.7. The van der Waals surface area contributed by atoms with E-state index in [1.165, 1.54) is 25.3 Å². The highest BCUT2D eigenvalue weighted by molar-refractivity contribution is 6.02. The van der Waals surface area contributed by atoms with Crippen molar-refractivity contribution in [3.8, 4) is 11.6 Å². The summed E-state index contributed by atoms with van der Waals surface area (Å²) in [5, 5.41) is 15.2. The van der Waals surface area contributed by atoms with Gasteiger partial charge in [-0.1, -0.05) is 0 Å². The molecule has 2 aromatic rings. The lowest BCUT2D eigenvalue weighted by molar-refractivity contribution is 0.0987. The van der Waals surface area contributed by atoms with E-state index in [1.54, 1.807) is 12.1 Å². The Bertz CT molecular complexity index is 519. The minimum absolute atomic E-state index is 0.0509. The number of carbonyl (C=O) groups is 1. The number of rotatable bonds is 3. The molecule has 1 amide bonds. The summed E-state index contributed by atoms with van der Waals surface area (Å²) in [5.74, 6) is -0.0217. The number of aromatic nitrogens is 1. The van der Waals surface area contributed by atoms with Gasteiger partial charge in [-0.25, -0.2) is 0 Å². The number of phenolic OH excluding ortho intramolecular Hbond substituents is 1. The standard InChI is InChI=1S/C11H10N2O4/c1-16-10-6-9(17-13-10)11(15)12-7-2-4-8(14)5-3-7/h2-6,14H,1H3,(H,12,15). The monoisotopic (exact) mass is 234 g/mol. The van der Waals surface area contributed by atoms with Crippen molar-refractivity contribution in [3.63, 3.8) is 0 Å². The second-order valence-corrected chi connectivity index (χ2v) is 3.23. The fourth-order valence-corrected chi connectivity index (χ4v) is 1.20. The molecule has 2 N–H and O–H groups in total. The third-order valence-corrected chi connectivity index (χ3v) is 2.05. The summed E-state index contributed by atoms with van der Waals surface area (Å²) < 4.78 is 9.57. The van der Waals surface area contributed by atoms with E-state index in [9.17, 15) is 4.79 Å². The van der Waals surface area contributed by atoms with Gasteiger partial charge in [0.25, 0.3) is 11.8 Å². The summed E-state index contributed by atoms with van der Waals surface area (Å²) in [7, 11) is 1.43. The van der Waals surface area contributed by atoms with Gasteiger partial charge in [0.15, 0.2) is 0 Å². The molecule has 0 radical (unpaired) electrons. The lowest BCUT2D eigenvalue weighted by Gasteiger charge is -2.01. The quantitative estimate of drug-likeness (QED) is 0.788. The van der Waals surface area contributed by atoms with E-state index in [0.717, 1.165) is 0 Å². The van der Waals surface area contributed by atoms with E-state index < -0.39 is 5.91 Å². The molecule has 0 fully saturated rings. The van der Waals surface area contributed by atoms with Gasteiger partial charge in [-0.05, 0) is 29.4 Å². The smallest absolute Gasteiger partial charge is 0.294 e. The largest absolute Gasteiger partial charge is 0.508 e. The zero-order valence-corrected chi connectivity index (χ0v) is 9.01. The zero-order chi connectivity index (χ0) is 12.3. The molecular weight excluding hydrogens is 224 g/mol. The molecule has 1 aromatic carbocycles.